The van der Waals surface area contributed by atoms with E-state index < -0.39 is 0 Å². The van der Waals surface area contributed by atoms with Gasteiger partial charge in [-0.15, -0.1) is 0 Å². The minimum absolute atomic E-state index is 0.137. The van der Waals surface area contributed by atoms with E-state index in [0.29, 0.717) is 22.5 Å². The Balaban J connectivity index is 1.88. The normalized spacial score (nSPS) is 25.3. The van der Waals surface area contributed by atoms with Crippen LogP contribution in [0.15, 0.2) is 18.2 Å². The number of likely N-dealkylation sites (tertiary alicyclic amines) is 1. The second-order valence-corrected chi connectivity index (χ2v) is 6.63. The average Bonchev–Trinajstić information content (AvgIpc) is 2.53. The SMILES string of the molecule is CNc1ccc(Cl)cc1C(=O)N1CCCC2CCCCC21. The number of carbonyl (C=O) groups is 1. The summed E-state index contributed by atoms with van der Waals surface area (Å²) in [5.74, 6) is 0.840. The molecule has 1 aromatic rings. The number of nitrogens with zero attached hydrogens (tertiary/aromatic N) is 1. The highest BCUT2D eigenvalue weighted by molar-refractivity contribution is 6.31. The van der Waals surface area contributed by atoms with Crippen molar-refractivity contribution in [3.05, 3.63) is 28.8 Å². The van der Waals surface area contributed by atoms with Crippen molar-refractivity contribution in [1.82, 2.24) is 4.90 Å². The number of halogens is 1. The van der Waals surface area contributed by atoms with Crippen LogP contribution in [-0.2, 0) is 0 Å². The topological polar surface area (TPSA) is 32.3 Å². The maximum atomic E-state index is 13.0. The number of benzene rings is 1. The molecule has 4 heteroatoms. The molecule has 21 heavy (non-hydrogen) atoms. The minimum atomic E-state index is 0.137. The Labute approximate surface area is 131 Å². The zero-order valence-corrected chi connectivity index (χ0v) is 13.3. The number of amides is 1. The molecule has 1 amide bonds. The second-order valence-electron chi connectivity index (χ2n) is 6.19. The van der Waals surface area contributed by atoms with Gasteiger partial charge in [0.05, 0.1) is 5.56 Å². The van der Waals surface area contributed by atoms with Gasteiger partial charge in [-0.05, 0) is 49.8 Å². The molecule has 3 rings (SSSR count). The maximum Gasteiger partial charge on any atom is 0.256 e. The molecule has 114 valence electrons. The fraction of sp³-hybridized carbons (Fsp3) is 0.588. The smallest absolute Gasteiger partial charge is 0.256 e. The van der Waals surface area contributed by atoms with E-state index in [4.69, 9.17) is 11.6 Å². The largest absolute Gasteiger partial charge is 0.387 e. The third kappa shape index (κ3) is 2.89. The Kier molecular flexibility index (Phi) is 4.39. The summed E-state index contributed by atoms with van der Waals surface area (Å²) in [6, 6.07) is 5.94. The van der Waals surface area contributed by atoms with Crippen LogP contribution < -0.4 is 5.32 Å². The summed E-state index contributed by atoms with van der Waals surface area (Å²) in [7, 11) is 1.85. The summed E-state index contributed by atoms with van der Waals surface area (Å²) in [5, 5.41) is 3.73. The Morgan fingerprint density at radius 3 is 2.81 bits per heavy atom. The van der Waals surface area contributed by atoms with E-state index in [2.05, 4.69) is 10.2 Å². The van der Waals surface area contributed by atoms with Gasteiger partial charge in [0.15, 0.2) is 0 Å². The third-order valence-corrected chi connectivity index (χ3v) is 5.22. The molecule has 2 fully saturated rings. The summed E-state index contributed by atoms with van der Waals surface area (Å²) < 4.78 is 0. The standard InChI is InChI=1S/C17H23ClN2O/c1-19-15-9-8-13(18)11-14(15)17(21)20-10-4-6-12-5-2-3-7-16(12)20/h8-9,11-12,16,19H,2-7,10H2,1H3. The van der Waals surface area contributed by atoms with Crippen LogP contribution in [0.25, 0.3) is 0 Å². The van der Waals surface area contributed by atoms with Gasteiger partial charge in [0.25, 0.3) is 5.91 Å². The van der Waals surface area contributed by atoms with E-state index in [1.54, 1.807) is 6.07 Å². The molecule has 1 aliphatic heterocycles. The number of piperidine rings is 1. The lowest BCUT2D eigenvalue weighted by Gasteiger charge is -2.44. The predicted octanol–water partition coefficient (Wildman–Crippen LogP) is 4.18. The van der Waals surface area contributed by atoms with E-state index in [1.807, 2.05) is 19.2 Å². The van der Waals surface area contributed by atoms with Crippen molar-refractivity contribution in [2.24, 2.45) is 5.92 Å². The number of carbonyl (C=O) groups excluding carboxylic acids is 1. The summed E-state index contributed by atoms with van der Waals surface area (Å²) in [4.78, 5) is 15.1. The number of fused-ring (bicyclic) bond motifs is 1. The van der Waals surface area contributed by atoms with Crippen LogP contribution in [0.5, 0.6) is 0 Å². The summed E-state index contributed by atoms with van der Waals surface area (Å²) in [5.41, 5.74) is 1.57. The number of rotatable bonds is 2. The van der Waals surface area contributed by atoms with Gasteiger partial charge in [-0.1, -0.05) is 24.4 Å². The van der Waals surface area contributed by atoms with Gasteiger partial charge in [-0.2, -0.15) is 0 Å². The van der Waals surface area contributed by atoms with Crippen LogP contribution >= 0.6 is 11.6 Å². The minimum Gasteiger partial charge on any atom is -0.387 e. The van der Waals surface area contributed by atoms with E-state index >= 15 is 0 Å². The van der Waals surface area contributed by atoms with E-state index in [-0.39, 0.29) is 5.91 Å². The molecule has 3 nitrogen and oxygen atoms in total. The third-order valence-electron chi connectivity index (χ3n) is 4.99. The number of hydrogen-bond acceptors (Lipinski definition) is 2. The van der Waals surface area contributed by atoms with Crippen LogP contribution in [0.4, 0.5) is 5.69 Å². The molecule has 2 atom stereocenters. The molecule has 0 bridgehead atoms. The van der Waals surface area contributed by atoms with E-state index in [0.717, 1.165) is 25.1 Å². The van der Waals surface area contributed by atoms with Gasteiger partial charge in [0.1, 0.15) is 0 Å². The molecule has 1 N–H and O–H groups in total. The number of anilines is 1. The fourth-order valence-corrected chi connectivity index (χ4v) is 4.12. The second kappa shape index (κ2) is 6.27. The lowest BCUT2D eigenvalue weighted by molar-refractivity contribution is 0.0391. The highest BCUT2D eigenvalue weighted by Gasteiger charge is 2.36. The first-order valence-electron chi connectivity index (χ1n) is 7.99. The van der Waals surface area contributed by atoms with Crippen molar-refractivity contribution < 1.29 is 4.79 Å². The Hall–Kier alpha value is -1.22. The molecular weight excluding hydrogens is 284 g/mol. The highest BCUT2D eigenvalue weighted by Crippen LogP contribution is 2.36. The molecule has 1 aliphatic carbocycles. The van der Waals surface area contributed by atoms with Gasteiger partial charge in [-0.3, -0.25) is 4.79 Å². The fourth-order valence-electron chi connectivity index (χ4n) is 3.94. The van der Waals surface area contributed by atoms with Crippen LogP contribution in [0, 0.1) is 5.92 Å². The van der Waals surface area contributed by atoms with Crippen molar-refractivity contribution >= 4 is 23.2 Å². The first kappa shape index (κ1) is 14.7. The molecule has 1 heterocycles. The molecule has 1 saturated carbocycles. The summed E-state index contributed by atoms with van der Waals surface area (Å²) in [6.45, 7) is 0.885. The van der Waals surface area contributed by atoms with Gasteiger partial charge in [0.2, 0.25) is 0 Å². The molecule has 0 spiro atoms. The van der Waals surface area contributed by atoms with Crippen LogP contribution in [0.2, 0.25) is 5.02 Å². The van der Waals surface area contributed by atoms with Gasteiger partial charge < -0.3 is 10.2 Å². The Morgan fingerprint density at radius 2 is 2.00 bits per heavy atom. The molecule has 2 aliphatic rings. The van der Waals surface area contributed by atoms with Crippen molar-refractivity contribution in [3.8, 4) is 0 Å². The van der Waals surface area contributed by atoms with Crippen LogP contribution in [-0.4, -0.2) is 30.4 Å². The Bertz CT molecular complexity index is 530. The maximum absolute atomic E-state index is 13.0. The van der Waals surface area contributed by atoms with Gasteiger partial charge >= 0.3 is 0 Å². The highest BCUT2D eigenvalue weighted by atomic mass is 35.5. The molecular formula is C17H23ClN2O. The zero-order chi connectivity index (χ0) is 14.8. The first-order valence-corrected chi connectivity index (χ1v) is 8.37. The lowest BCUT2D eigenvalue weighted by atomic mass is 9.78. The first-order chi connectivity index (χ1) is 10.2. The molecule has 1 saturated heterocycles. The van der Waals surface area contributed by atoms with Crippen molar-refractivity contribution in [2.45, 2.75) is 44.6 Å². The number of hydrogen-bond donors (Lipinski definition) is 1. The van der Waals surface area contributed by atoms with Crippen LogP contribution in [0.1, 0.15) is 48.9 Å². The monoisotopic (exact) mass is 306 g/mol. The molecule has 0 radical (unpaired) electrons. The van der Waals surface area contributed by atoms with Crippen molar-refractivity contribution in [2.75, 3.05) is 18.9 Å². The lowest BCUT2D eigenvalue weighted by Crippen LogP contribution is -2.49. The predicted molar refractivity (Wildman–Crippen MR) is 87.0 cm³/mol. The summed E-state index contributed by atoms with van der Waals surface area (Å²) >= 11 is 6.10. The Morgan fingerprint density at radius 1 is 1.24 bits per heavy atom. The van der Waals surface area contributed by atoms with E-state index in [9.17, 15) is 4.79 Å². The molecule has 0 aromatic heterocycles. The summed E-state index contributed by atoms with van der Waals surface area (Å²) in [6.07, 6.45) is 7.42. The van der Waals surface area contributed by atoms with Crippen molar-refractivity contribution in [3.63, 3.8) is 0 Å². The van der Waals surface area contributed by atoms with Gasteiger partial charge in [-0.25, -0.2) is 0 Å². The average molecular weight is 307 g/mol. The zero-order valence-electron chi connectivity index (χ0n) is 12.6. The van der Waals surface area contributed by atoms with Crippen molar-refractivity contribution in [1.29, 1.82) is 0 Å². The number of nitrogens with one attached hydrogen (secondary N) is 1. The molecule has 1 aromatic carbocycles. The quantitative estimate of drug-likeness (QED) is 0.889. The van der Waals surface area contributed by atoms with Gasteiger partial charge in [0, 0.05) is 30.3 Å². The molecule has 2 unspecified atom stereocenters. The van der Waals surface area contributed by atoms with E-state index in [1.165, 1.54) is 25.7 Å². The van der Waals surface area contributed by atoms with Crippen LogP contribution in [0.3, 0.4) is 0 Å².